The molecule has 0 bridgehead atoms. The van der Waals surface area contributed by atoms with E-state index in [2.05, 4.69) is 11.9 Å². The second kappa shape index (κ2) is 6.15. The molecule has 0 radical (unpaired) electrons. The summed E-state index contributed by atoms with van der Waals surface area (Å²) < 4.78 is 5.03. The first-order chi connectivity index (χ1) is 7.26. The zero-order valence-corrected chi connectivity index (χ0v) is 10.4. The summed E-state index contributed by atoms with van der Waals surface area (Å²) >= 11 is 0. The molecule has 0 unspecified atom stereocenters. The lowest BCUT2D eigenvalue weighted by molar-refractivity contribution is -0.124. The van der Waals surface area contributed by atoms with E-state index in [1.54, 1.807) is 27.8 Å². The van der Waals surface area contributed by atoms with Crippen molar-refractivity contribution in [1.82, 2.24) is 10.2 Å². The Morgan fingerprint density at radius 3 is 2.44 bits per heavy atom. The van der Waals surface area contributed by atoms with Gasteiger partial charge in [-0.2, -0.15) is 0 Å². The van der Waals surface area contributed by atoms with Crippen LogP contribution in [0.4, 0.5) is 4.79 Å². The third-order valence-electron chi connectivity index (χ3n) is 1.67. The van der Waals surface area contributed by atoms with Gasteiger partial charge < -0.3 is 15.0 Å². The number of carbonyl (C=O) groups excluding carboxylic acids is 2. The molecule has 0 aromatic carbocycles. The molecule has 0 aliphatic carbocycles. The van der Waals surface area contributed by atoms with Crippen LogP contribution in [0.15, 0.2) is 12.7 Å². The first kappa shape index (κ1) is 14.5. The van der Waals surface area contributed by atoms with Gasteiger partial charge in [-0.3, -0.25) is 4.79 Å². The van der Waals surface area contributed by atoms with Gasteiger partial charge in [-0.05, 0) is 26.8 Å². The van der Waals surface area contributed by atoms with E-state index in [4.69, 9.17) is 4.74 Å². The number of hydrogen-bond acceptors (Lipinski definition) is 3. The van der Waals surface area contributed by atoms with E-state index >= 15 is 0 Å². The van der Waals surface area contributed by atoms with Gasteiger partial charge in [-0.1, -0.05) is 6.58 Å². The molecule has 2 amide bonds. The van der Waals surface area contributed by atoms with Gasteiger partial charge in [-0.25, -0.2) is 4.79 Å². The van der Waals surface area contributed by atoms with Crippen molar-refractivity contribution in [3.8, 4) is 0 Å². The average Bonchev–Trinajstić information content (AvgIpc) is 2.13. The third-order valence-corrected chi connectivity index (χ3v) is 1.67. The van der Waals surface area contributed by atoms with Gasteiger partial charge in [-0.15, -0.1) is 0 Å². The van der Waals surface area contributed by atoms with Crippen LogP contribution in [0.3, 0.4) is 0 Å². The Labute approximate surface area is 96.4 Å². The molecule has 16 heavy (non-hydrogen) atoms. The fourth-order valence-electron chi connectivity index (χ4n) is 0.906. The van der Waals surface area contributed by atoms with Crippen molar-refractivity contribution in [3.63, 3.8) is 0 Å². The Morgan fingerprint density at radius 1 is 1.44 bits per heavy atom. The molecule has 0 aliphatic heterocycles. The summed E-state index contributed by atoms with van der Waals surface area (Å²) in [7, 11) is 1.64. The van der Waals surface area contributed by atoms with Crippen molar-refractivity contribution in [2.75, 3.05) is 20.1 Å². The van der Waals surface area contributed by atoms with E-state index in [0.29, 0.717) is 13.1 Å². The minimum atomic E-state index is -0.507. The minimum Gasteiger partial charge on any atom is -0.444 e. The van der Waals surface area contributed by atoms with Crippen molar-refractivity contribution in [2.24, 2.45) is 0 Å². The summed E-state index contributed by atoms with van der Waals surface area (Å²) in [5.74, 6) is -0.175. The van der Waals surface area contributed by atoms with Crippen LogP contribution < -0.4 is 5.32 Å². The maximum Gasteiger partial charge on any atom is 0.407 e. The molecule has 0 heterocycles. The number of nitrogens with zero attached hydrogens (tertiary/aromatic N) is 1. The van der Waals surface area contributed by atoms with E-state index in [0.717, 1.165) is 0 Å². The standard InChI is InChI=1S/C11H20N2O3/c1-6-9(14)13(5)8-7-12-10(15)16-11(2,3)4/h6H,1,7-8H2,2-5H3,(H,12,15). The molecule has 0 aliphatic rings. The van der Waals surface area contributed by atoms with Gasteiger partial charge >= 0.3 is 6.09 Å². The first-order valence-electron chi connectivity index (χ1n) is 5.10. The quantitative estimate of drug-likeness (QED) is 0.734. The van der Waals surface area contributed by atoms with E-state index in [1.165, 1.54) is 11.0 Å². The van der Waals surface area contributed by atoms with Gasteiger partial charge in [0.25, 0.3) is 0 Å². The van der Waals surface area contributed by atoms with Crippen LogP contribution in [0.5, 0.6) is 0 Å². The number of nitrogens with one attached hydrogen (secondary N) is 1. The highest BCUT2D eigenvalue weighted by molar-refractivity contribution is 5.86. The highest BCUT2D eigenvalue weighted by atomic mass is 16.6. The Hall–Kier alpha value is -1.52. The molecule has 5 heteroatoms. The molecule has 0 saturated carbocycles. The number of carbonyl (C=O) groups is 2. The van der Waals surface area contributed by atoms with Crippen LogP contribution in [-0.4, -0.2) is 42.6 Å². The van der Waals surface area contributed by atoms with Crippen LogP contribution in [0.2, 0.25) is 0 Å². The summed E-state index contributed by atoms with van der Waals surface area (Å²) in [6.45, 7) is 9.52. The molecule has 0 spiro atoms. The maximum absolute atomic E-state index is 11.2. The molecule has 0 atom stereocenters. The molecular weight excluding hydrogens is 208 g/mol. The molecule has 0 saturated heterocycles. The summed E-state index contributed by atoms with van der Waals surface area (Å²) in [5, 5.41) is 2.56. The Morgan fingerprint density at radius 2 is 2.00 bits per heavy atom. The monoisotopic (exact) mass is 228 g/mol. The summed E-state index contributed by atoms with van der Waals surface area (Å²) in [4.78, 5) is 23.8. The fraction of sp³-hybridized carbons (Fsp3) is 0.636. The van der Waals surface area contributed by atoms with Gasteiger partial charge in [0, 0.05) is 20.1 Å². The lowest BCUT2D eigenvalue weighted by Gasteiger charge is -2.20. The summed E-state index contributed by atoms with van der Waals surface area (Å²) in [6, 6.07) is 0. The topological polar surface area (TPSA) is 58.6 Å². The van der Waals surface area contributed by atoms with Gasteiger partial charge in [0.1, 0.15) is 5.60 Å². The largest absolute Gasteiger partial charge is 0.444 e. The van der Waals surface area contributed by atoms with Crippen LogP contribution in [0.1, 0.15) is 20.8 Å². The van der Waals surface area contributed by atoms with E-state index in [-0.39, 0.29) is 5.91 Å². The van der Waals surface area contributed by atoms with Crippen molar-refractivity contribution in [3.05, 3.63) is 12.7 Å². The summed E-state index contributed by atoms with van der Waals surface area (Å²) in [6.07, 6.45) is 0.750. The van der Waals surface area contributed by atoms with Crippen molar-refractivity contribution < 1.29 is 14.3 Å². The van der Waals surface area contributed by atoms with Crippen molar-refractivity contribution >= 4 is 12.0 Å². The Kier molecular flexibility index (Phi) is 5.56. The third kappa shape index (κ3) is 6.86. The lowest BCUT2D eigenvalue weighted by atomic mass is 10.2. The molecule has 0 aromatic rings. The Balaban J connectivity index is 3.78. The van der Waals surface area contributed by atoms with Crippen LogP contribution in [0.25, 0.3) is 0 Å². The number of likely N-dealkylation sites (N-methyl/N-ethyl adjacent to an activating group) is 1. The normalized spacial score (nSPS) is 10.5. The fourth-order valence-corrected chi connectivity index (χ4v) is 0.906. The predicted octanol–water partition coefficient (Wildman–Crippen LogP) is 1.16. The number of amides is 2. The van der Waals surface area contributed by atoms with Crippen molar-refractivity contribution in [1.29, 1.82) is 0 Å². The molecular formula is C11H20N2O3. The zero-order chi connectivity index (χ0) is 12.8. The molecule has 0 aromatic heterocycles. The number of alkyl carbamates (subject to hydrolysis) is 1. The zero-order valence-electron chi connectivity index (χ0n) is 10.4. The van der Waals surface area contributed by atoms with Crippen molar-refractivity contribution in [2.45, 2.75) is 26.4 Å². The maximum atomic E-state index is 11.2. The van der Waals surface area contributed by atoms with Crippen LogP contribution >= 0.6 is 0 Å². The SMILES string of the molecule is C=CC(=O)N(C)CCNC(=O)OC(C)(C)C. The average molecular weight is 228 g/mol. The van der Waals surface area contributed by atoms with Gasteiger partial charge in [0.05, 0.1) is 0 Å². The molecule has 0 rings (SSSR count). The lowest BCUT2D eigenvalue weighted by Crippen LogP contribution is -2.38. The number of rotatable bonds is 4. The highest BCUT2D eigenvalue weighted by Gasteiger charge is 2.15. The van der Waals surface area contributed by atoms with Gasteiger partial charge in [0.15, 0.2) is 0 Å². The van der Waals surface area contributed by atoms with E-state index in [1.807, 2.05) is 0 Å². The first-order valence-corrected chi connectivity index (χ1v) is 5.10. The van der Waals surface area contributed by atoms with Crippen LogP contribution in [0, 0.1) is 0 Å². The minimum absolute atomic E-state index is 0.175. The Bertz CT molecular complexity index is 269. The number of ether oxygens (including phenoxy) is 1. The summed E-state index contributed by atoms with van der Waals surface area (Å²) in [5.41, 5.74) is -0.507. The molecule has 5 nitrogen and oxygen atoms in total. The number of hydrogen-bond donors (Lipinski definition) is 1. The van der Waals surface area contributed by atoms with Crippen LogP contribution in [-0.2, 0) is 9.53 Å². The molecule has 1 N–H and O–H groups in total. The van der Waals surface area contributed by atoms with Gasteiger partial charge in [0.2, 0.25) is 5.91 Å². The second-order valence-electron chi connectivity index (χ2n) is 4.39. The van der Waals surface area contributed by atoms with E-state index in [9.17, 15) is 9.59 Å². The highest BCUT2D eigenvalue weighted by Crippen LogP contribution is 2.06. The second-order valence-corrected chi connectivity index (χ2v) is 4.39. The predicted molar refractivity (Wildman–Crippen MR) is 62.1 cm³/mol. The molecule has 0 fully saturated rings. The smallest absolute Gasteiger partial charge is 0.407 e. The van der Waals surface area contributed by atoms with E-state index < -0.39 is 11.7 Å². The molecule has 92 valence electrons.